The molecule has 1 aromatic heterocycles. The van der Waals surface area contributed by atoms with Crippen LogP contribution in [0.5, 0.6) is 0 Å². The van der Waals surface area contributed by atoms with Crippen LogP contribution >= 0.6 is 0 Å². The topological polar surface area (TPSA) is 55.9 Å². The zero-order valence-corrected chi connectivity index (χ0v) is 14.6. The molecular formula is C22H20N4. The van der Waals surface area contributed by atoms with Gasteiger partial charge in [-0.2, -0.15) is 0 Å². The van der Waals surface area contributed by atoms with Gasteiger partial charge in [-0.25, -0.2) is 4.68 Å². The summed E-state index contributed by atoms with van der Waals surface area (Å²) in [4.78, 5) is 0. The van der Waals surface area contributed by atoms with Gasteiger partial charge >= 0.3 is 0 Å². The van der Waals surface area contributed by atoms with Crippen LogP contribution in [0.4, 0.5) is 17.2 Å². The molecule has 0 fully saturated rings. The first-order chi connectivity index (χ1) is 12.7. The summed E-state index contributed by atoms with van der Waals surface area (Å²) in [6, 6.07) is 28.1. The van der Waals surface area contributed by atoms with Crippen LogP contribution in [0.3, 0.4) is 0 Å². The molecule has 4 aromatic rings. The number of rotatable bonds is 4. The van der Waals surface area contributed by atoms with Gasteiger partial charge in [0.05, 0.1) is 17.1 Å². The molecule has 26 heavy (non-hydrogen) atoms. The van der Waals surface area contributed by atoms with Gasteiger partial charge < -0.3 is 11.1 Å². The van der Waals surface area contributed by atoms with Crippen molar-refractivity contribution >= 4 is 17.2 Å². The summed E-state index contributed by atoms with van der Waals surface area (Å²) in [5, 5.41) is 8.26. The number of nitrogens with one attached hydrogen (secondary N) is 1. The van der Waals surface area contributed by atoms with E-state index in [1.165, 1.54) is 0 Å². The lowest BCUT2D eigenvalue weighted by Gasteiger charge is -2.10. The molecule has 0 spiro atoms. The maximum atomic E-state index is 6.23. The number of anilines is 3. The molecule has 0 unspecified atom stereocenters. The van der Waals surface area contributed by atoms with Gasteiger partial charge in [0, 0.05) is 16.8 Å². The quantitative estimate of drug-likeness (QED) is 0.504. The molecular weight excluding hydrogens is 320 g/mol. The molecule has 0 radical (unpaired) electrons. The molecule has 4 rings (SSSR count). The Balaban J connectivity index is 1.89. The van der Waals surface area contributed by atoms with Crippen molar-refractivity contribution in [3.63, 3.8) is 0 Å². The maximum Gasteiger partial charge on any atom is 0.156 e. The van der Waals surface area contributed by atoms with E-state index < -0.39 is 0 Å². The second-order valence-electron chi connectivity index (χ2n) is 6.15. The van der Waals surface area contributed by atoms with Crippen molar-refractivity contribution in [2.75, 3.05) is 11.1 Å². The van der Waals surface area contributed by atoms with E-state index in [1.54, 1.807) is 0 Å². The average Bonchev–Trinajstić information content (AvgIpc) is 3.00. The molecule has 0 saturated carbocycles. The van der Waals surface area contributed by atoms with Crippen LogP contribution < -0.4 is 11.1 Å². The maximum absolute atomic E-state index is 6.23. The molecule has 3 N–H and O–H groups in total. The van der Waals surface area contributed by atoms with Crippen molar-refractivity contribution < 1.29 is 0 Å². The van der Waals surface area contributed by atoms with E-state index in [2.05, 4.69) is 24.4 Å². The van der Waals surface area contributed by atoms with Crippen LogP contribution in [-0.2, 0) is 0 Å². The van der Waals surface area contributed by atoms with Gasteiger partial charge in [0.1, 0.15) is 0 Å². The van der Waals surface area contributed by atoms with Crippen LogP contribution in [0.15, 0.2) is 84.9 Å². The van der Waals surface area contributed by atoms with Crippen LogP contribution in [0.25, 0.3) is 16.9 Å². The number of aromatic nitrogens is 2. The third-order valence-corrected chi connectivity index (χ3v) is 4.37. The van der Waals surface area contributed by atoms with Gasteiger partial charge in [-0.3, -0.25) is 0 Å². The van der Waals surface area contributed by atoms with E-state index in [9.17, 15) is 0 Å². The van der Waals surface area contributed by atoms with Crippen LogP contribution in [0, 0.1) is 6.92 Å². The van der Waals surface area contributed by atoms with Crippen molar-refractivity contribution in [1.82, 2.24) is 9.78 Å². The molecule has 4 heteroatoms. The number of para-hydroxylation sites is 3. The SMILES string of the molecule is Cc1c(Nc2ccccc2)nn(-c2ccccc2N)c1-c1ccccc1. The largest absolute Gasteiger partial charge is 0.397 e. The Hall–Kier alpha value is -3.53. The smallest absolute Gasteiger partial charge is 0.156 e. The molecule has 3 aromatic carbocycles. The Kier molecular flexibility index (Phi) is 4.15. The first-order valence-electron chi connectivity index (χ1n) is 8.56. The fraction of sp³-hybridized carbons (Fsp3) is 0.0455. The second kappa shape index (κ2) is 6.76. The van der Waals surface area contributed by atoms with Crippen LogP contribution in [0.1, 0.15) is 5.56 Å². The Morgan fingerprint density at radius 3 is 2.12 bits per heavy atom. The highest BCUT2D eigenvalue weighted by Gasteiger charge is 2.18. The molecule has 0 bridgehead atoms. The number of hydrogen-bond acceptors (Lipinski definition) is 3. The number of nitrogen functional groups attached to an aromatic ring is 1. The normalized spacial score (nSPS) is 10.7. The molecule has 0 amide bonds. The van der Waals surface area contributed by atoms with E-state index in [-0.39, 0.29) is 0 Å². The molecule has 0 saturated heterocycles. The molecule has 4 nitrogen and oxygen atoms in total. The van der Waals surface area contributed by atoms with E-state index in [0.717, 1.165) is 34.0 Å². The van der Waals surface area contributed by atoms with Gasteiger partial charge in [-0.05, 0) is 31.2 Å². The molecule has 128 valence electrons. The lowest BCUT2D eigenvalue weighted by molar-refractivity contribution is 0.894. The summed E-state index contributed by atoms with van der Waals surface area (Å²) < 4.78 is 1.92. The fourth-order valence-corrected chi connectivity index (χ4v) is 3.06. The predicted molar refractivity (Wildman–Crippen MR) is 108 cm³/mol. The number of nitrogens with zero attached hydrogens (tertiary/aromatic N) is 2. The van der Waals surface area contributed by atoms with E-state index >= 15 is 0 Å². The fourth-order valence-electron chi connectivity index (χ4n) is 3.06. The highest BCUT2D eigenvalue weighted by Crippen LogP contribution is 2.33. The summed E-state index contributed by atoms with van der Waals surface area (Å²) in [6.07, 6.45) is 0. The van der Waals surface area contributed by atoms with Crippen molar-refractivity contribution in [2.45, 2.75) is 6.92 Å². The molecule has 1 heterocycles. The van der Waals surface area contributed by atoms with Gasteiger partial charge in [-0.1, -0.05) is 60.7 Å². The van der Waals surface area contributed by atoms with Crippen molar-refractivity contribution in [3.8, 4) is 16.9 Å². The number of nitrogens with two attached hydrogens (primary N) is 1. The van der Waals surface area contributed by atoms with Crippen molar-refractivity contribution in [3.05, 3.63) is 90.5 Å². The highest BCUT2D eigenvalue weighted by molar-refractivity contribution is 5.75. The lowest BCUT2D eigenvalue weighted by atomic mass is 10.1. The van der Waals surface area contributed by atoms with Gasteiger partial charge in [0.15, 0.2) is 5.82 Å². The third-order valence-electron chi connectivity index (χ3n) is 4.37. The van der Waals surface area contributed by atoms with Crippen molar-refractivity contribution in [2.24, 2.45) is 0 Å². The minimum atomic E-state index is 0.693. The minimum Gasteiger partial charge on any atom is -0.397 e. The van der Waals surface area contributed by atoms with E-state index in [4.69, 9.17) is 10.8 Å². The zero-order valence-electron chi connectivity index (χ0n) is 14.6. The van der Waals surface area contributed by atoms with Crippen LogP contribution in [0.2, 0.25) is 0 Å². The highest BCUT2D eigenvalue weighted by atomic mass is 15.3. The van der Waals surface area contributed by atoms with Crippen molar-refractivity contribution in [1.29, 1.82) is 0 Å². The predicted octanol–water partition coefficient (Wildman–Crippen LogP) is 5.17. The standard InChI is InChI=1S/C22H20N4/c1-16-21(17-10-4-2-5-11-17)26(20-15-9-8-14-19(20)23)25-22(16)24-18-12-6-3-7-13-18/h2-15H,23H2,1H3,(H,24,25). The van der Waals surface area contributed by atoms with E-state index in [0.29, 0.717) is 5.69 Å². The van der Waals surface area contributed by atoms with Gasteiger partial charge in [-0.15, -0.1) is 5.10 Å². The first kappa shape index (κ1) is 16.0. The summed E-state index contributed by atoms with van der Waals surface area (Å²) in [5.74, 6) is 0.818. The Morgan fingerprint density at radius 2 is 1.42 bits per heavy atom. The number of benzene rings is 3. The second-order valence-corrected chi connectivity index (χ2v) is 6.15. The molecule has 0 aliphatic rings. The Labute approximate surface area is 152 Å². The van der Waals surface area contributed by atoms with Gasteiger partial charge in [0.25, 0.3) is 0 Å². The monoisotopic (exact) mass is 340 g/mol. The third kappa shape index (κ3) is 2.93. The Bertz CT molecular complexity index is 1020. The van der Waals surface area contributed by atoms with E-state index in [1.807, 2.05) is 77.5 Å². The summed E-state index contributed by atoms with van der Waals surface area (Å²) >= 11 is 0. The van der Waals surface area contributed by atoms with Gasteiger partial charge in [0.2, 0.25) is 0 Å². The molecule has 0 atom stereocenters. The first-order valence-corrected chi connectivity index (χ1v) is 8.56. The van der Waals surface area contributed by atoms with Crippen LogP contribution in [-0.4, -0.2) is 9.78 Å². The summed E-state index contributed by atoms with van der Waals surface area (Å²) in [6.45, 7) is 2.08. The molecule has 0 aliphatic carbocycles. The summed E-state index contributed by atoms with van der Waals surface area (Å²) in [7, 11) is 0. The average molecular weight is 340 g/mol. The minimum absolute atomic E-state index is 0.693. The number of hydrogen-bond donors (Lipinski definition) is 2. The molecule has 0 aliphatic heterocycles. The zero-order chi connectivity index (χ0) is 17.9. The lowest BCUT2D eigenvalue weighted by Crippen LogP contribution is -2.03. The summed E-state index contributed by atoms with van der Waals surface area (Å²) in [5.41, 5.74) is 12.0. The Morgan fingerprint density at radius 1 is 0.808 bits per heavy atom.